The largest absolute Gasteiger partial charge is 0.508 e. The van der Waals surface area contributed by atoms with Crippen LogP contribution in [-0.2, 0) is 19.4 Å². The molecule has 0 aliphatic rings. The third kappa shape index (κ3) is 3.88. The minimum absolute atomic E-state index is 0.138. The van der Waals surface area contributed by atoms with Gasteiger partial charge in [0.05, 0.1) is 6.54 Å². The third-order valence-electron chi connectivity index (χ3n) is 4.35. The van der Waals surface area contributed by atoms with E-state index in [-0.39, 0.29) is 11.6 Å². The molecule has 0 aliphatic heterocycles. The standard InChI is InChI=1S/C20H20FNO3/c1-2-13-9-16-15(10-20(24)25-19(16)11-18(13)23)12-22-8-7-14-5-3-4-6-17(14)21/h3-6,9-11,22-23H,2,7-8,12H2,1H3/p+1. The molecule has 4 nitrogen and oxygen atoms in total. The summed E-state index contributed by atoms with van der Waals surface area (Å²) in [6, 6.07) is 11.6. The van der Waals surface area contributed by atoms with Crippen molar-refractivity contribution < 1.29 is 19.2 Å². The van der Waals surface area contributed by atoms with Crippen LogP contribution in [-0.4, -0.2) is 11.7 Å². The summed E-state index contributed by atoms with van der Waals surface area (Å²) in [5.74, 6) is -0.0522. The smallest absolute Gasteiger partial charge is 0.336 e. The molecule has 0 amide bonds. The predicted octanol–water partition coefficient (Wildman–Crippen LogP) is 2.51. The van der Waals surface area contributed by atoms with Crippen molar-refractivity contribution in [3.8, 4) is 5.75 Å². The highest BCUT2D eigenvalue weighted by atomic mass is 19.1. The summed E-state index contributed by atoms with van der Waals surface area (Å²) in [6.45, 7) is 3.26. The Hall–Kier alpha value is -2.66. The second-order valence-corrected chi connectivity index (χ2v) is 6.04. The van der Waals surface area contributed by atoms with Crippen molar-refractivity contribution in [2.75, 3.05) is 6.54 Å². The van der Waals surface area contributed by atoms with Crippen LogP contribution in [0.1, 0.15) is 23.6 Å². The molecule has 0 saturated carbocycles. The SMILES string of the molecule is CCc1cc2c(C[NH2+]CCc3ccccc3F)cc(=O)oc2cc1O. The van der Waals surface area contributed by atoms with E-state index in [0.717, 1.165) is 16.5 Å². The number of benzene rings is 2. The normalized spacial score (nSPS) is 11.1. The van der Waals surface area contributed by atoms with Crippen molar-refractivity contribution in [3.05, 3.63) is 75.4 Å². The summed E-state index contributed by atoms with van der Waals surface area (Å²) in [5, 5.41) is 12.8. The fourth-order valence-corrected chi connectivity index (χ4v) is 2.98. The van der Waals surface area contributed by atoms with Crippen LogP contribution in [0.5, 0.6) is 5.75 Å². The fourth-order valence-electron chi connectivity index (χ4n) is 2.98. The number of aryl methyl sites for hydroxylation is 1. The molecule has 25 heavy (non-hydrogen) atoms. The van der Waals surface area contributed by atoms with Crippen molar-refractivity contribution in [1.82, 2.24) is 0 Å². The minimum Gasteiger partial charge on any atom is -0.508 e. The summed E-state index contributed by atoms with van der Waals surface area (Å²) < 4.78 is 18.8. The molecule has 1 aromatic heterocycles. The molecular weight excluding hydrogens is 321 g/mol. The highest BCUT2D eigenvalue weighted by Crippen LogP contribution is 2.26. The van der Waals surface area contributed by atoms with Gasteiger partial charge >= 0.3 is 5.63 Å². The van der Waals surface area contributed by atoms with Gasteiger partial charge in [0.15, 0.2) is 0 Å². The third-order valence-corrected chi connectivity index (χ3v) is 4.35. The maximum Gasteiger partial charge on any atom is 0.336 e. The van der Waals surface area contributed by atoms with Crippen LogP contribution in [0.3, 0.4) is 0 Å². The van der Waals surface area contributed by atoms with Crippen LogP contribution in [0.25, 0.3) is 11.0 Å². The fraction of sp³-hybridized carbons (Fsp3) is 0.250. The molecule has 3 rings (SSSR count). The maximum atomic E-state index is 13.6. The van der Waals surface area contributed by atoms with Gasteiger partial charge in [0.2, 0.25) is 0 Å². The van der Waals surface area contributed by atoms with Crippen molar-refractivity contribution in [3.63, 3.8) is 0 Å². The first kappa shape index (κ1) is 17.2. The first-order valence-electron chi connectivity index (χ1n) is 8.42. The zero-order chi connectivity index (χ0) is 17.8. The van der Waals surface area contributed by atoms with Gasteiger partial charge in [-0.2, -0.15) is 0 Å². The molecule has 3 aromatic rings. The maximum absolute atomic E-state index is 13.6. The second-order valence-electron chi connectivity index (χ2n) is 6.04. The Morgan fingerprint density at radius 1 is 1.12 bits per heavy atom. The molecule has 0 aliphatic carbocycles. The molecule has 0 atom stereocenters. The lowest BCUT2D eigenvalue weighted by molar-refractivity contribution is -0.670. The molecule has 130 valence electrons. The van der Waals surface area contributed by atoms with Gasteiger partial charge < -0.3 is 14.8 Å². The number of rotatable bonds is 6. The molecule has 0 fully saturated rings. The highest BCUT2D eigenvalue weighted by molar-refractivity contribution is 5.82. The van der Waals surface area contributed by atoms with Gasteiger partial charge in [0.25, 0.3) is 0 Å². The van der Waals surface area contributed by atoms with Gasteiger partial charge in [0, 0.05) is 29.5 Å². The van der Waals surface area contributed by atoms with E-state index in [1.807, 2.05) is 24.4 Å². The Morgan fingerprint density at radius 3 is 2.68 bits per heavy atom. The molecule has 0 unspecified atom stereocenters. The lowest BCUT2D eigenvalue weighted by atomic mass is 10.0. The van der Waals surface area contributed by atoms with E-state index in [2.05, 4.69) is 0 Å². The van der Waals surface area contributed by atoms with Gasteiger partial charge in [0.1, 0.15) is 23.7 Å². The van der Waals surface area contributed by atoms with Crippen LogP contribution >= 0.6 is 0 Å². The number of fused-ring (bicyclic) bond motifs is 1. The lowest BCUT2D eigenvalue weighted by Crippen LogP contribution is -2.83. The van der Waals surface area contributed by atoms with Crippen LogP contribution in [0.4, 0.5) is 4.39 Å². The van der Waals surface area contributed by atoms with Crippen molar-refractivity contribution in [2.24, 2.45) is 0 Å². The van der Waals surface area contributed by atoms with E-state index in [1.54, 1.807) is 12.1 Å². The number of hydrogen-bond acceptors (Lipinski definition) is 3. The monoisotopic (exact) mass is 342 g/mol. The number of hydrogen-bond donors (Lipinski definition) is 2. The average Bonchev–Trinajstić information content (AvgIpc) is 2.59. The number of phenolic OH excluding ortho intramolecular Hbond substituents is 1. The number of quaternary nitrogens is 1. The molecule has 0 spiro atoms. The molecular formula is C20H21FNO3+. The topological polar surface area (TPSA) is 67.0 Å². The van der Waals surface area contributed by atoms with Crippen LogP contribution in [0.2, 0.25) is 0 Å². The van der Waals surface area contributed by atoms with E-state index >= 15 is 0 Å². The van der Waals surface area contributed by atoms with E-state index in [0.29, 0.717) is 37.1 Å². The van der Waals surface area contributed by atoms with Gasteiger partial charge in [-0.05, 0) is 29.7 Å². The molecule has 0 saturated heterocycles. The predicted molar refractivity (Wildman–Crippen MR) is 94.1 cm³/mol. The molecule has 0 bridgehead atoms. The first-order chi connectivity index (χ1) is 12.1. The minimum atomic E-state index is -0.436. The Kier molecular flexibility index (Phi) is 5.14. The number of phenols is 1. The summed E-state index contributed by atoms with van der Waals surface area (Å²) in [4.78, 5) is 11.8. The Bertz CT molecular complexity index is 949. The van der Waals surface area contributed by atoms with E-state index < -0.39 is 5.63 Å². The number of nitrogens with two attached hydrogens (primary N) is 1. The number of aromatic hydroxyl groups is 1. The molecule has 1 heterocycles. The van der Waals surface area contributed by atoms with E-state index in [1.165, 1.54) is 18.2 Å². The average molecular weight is 342 g/mol. The van der Waals surface area contributed by atoms with Crippen molar-refractivity contribution in [1.29, 1.82) is 0 Å². The summed E-state index contributed by atoms with van der Waals surface area (Å²) in [5.41, 5.74) is 2.31. The zero-order valence-electron chi connectivity index (χ0n) is 14.1. The number of halogens is 1. The second kappa shape index (κ2) is 7.49. The van der Waals surface area contributed by atoms with Crippen molar-refractivity contribution >= 4 is 11.0 Å². The van der Waals surface area contributed by atoms with Crippen LogP contribution in [0, 0.1) is 5.82 Å². The Balaban J connectivity index is 1.76. The van der Waals surface area contributed by atoms with Crippen LogP contribution < -0.4 is 10.9 Å². The lowest BCUT2D eigenvalue weighted by Gasteiger charge is -2.08. The summed E-state index contributed by atoms with van der Waals surface area (Å²) in [6.07, 6.45) is 1.31. The van der Waals surface area contributed by atoms with Gasteiger partial charge in [-0.15, -0.1) is 0 Å². The quantitative estimate of drug-likeness (QED) is 0.534. The summed E-state index contributed by atoms with van der Waals surface area (Å²) in [7, 11) is 0. The molecule has 2 aromatic carbocycles. The van der Waals surface area contributed by atoms with Crippen LogP contribution in [0.15, 0.2) is 51.7 Å². The Labute approximate surface area is 144 Å². The first-order valence-corrected chi connectivity index (χ1v) is 8.42. The van der Waals surface area contributed by atoms with Gasteiger partial charge in [-0.3, -0.25) is 0 Å². The van der Waals surface area contributed by atoms with Crippen molar-refractivity contribution in [2.45, 2.75) is 26.3 Å². The van der Waals surface area contributed by atoms with Gasteiger partial charge in [-0.25, -0.2) is 9.18 Å². The zero-order valence-corrected chi connectivity index (χ0v) is 14.1. The van der Waals surface area contributed by atoms with Gasteiger partial charge in [-0.1, -0.05) is 25.1 Å². The van der Waals surface area contributed by atoms with E-state index in [9.17, 15) is 14.3 Å². The Morgan fingerprint density at radius 2 is 1.92 bits per heavy atom. The summed E-state index contributed by atoms with van der Waals surface area (Å²) >= 11 is 0. The molecule has 5 heteroatoms. The highest BCUT2D eigenvalue weighted by Gasteiger charge is 2.11. The van der Waals surface area contributed by atoms with E-state index in [4.69, 9.17) is 4.42 Å². The molecule has 3 N–H and O–H groups in total. The molecule has 0 radical (unpaired) electrons.